The summed E-state index contributed by atoms with van der Waals surface area (Å²) >= 11 is 0. The number of carbonyl (C=O) groups is 4. The van der Waals surface area contributed by atoms with Crippen LogP contribution >= 0.6 is 0 Å². The van der Waals surface area contributed by atoms with E-state index in [9.17, 15) is 24.3 Å². The molecule has 1 fully saturated rings. The van der Waals surface area contributed by atoms with Crippen LogP contribution in [-0.4, -0.2) is 66.8 Å². The molecule has 0 aromatic rings. The first-order valence-corrected chi connectivity index (χ1v) is 6.59. The molecule has 10 nitrogen and oxygen atoms in total. The minimum atomic E-state index is -2.49. The van der Waals surface area contributed by atoms with Crippen LogP contribution in [0.4, 0.5) is 0 Å². The molecule has 1 aliphatic rings. The lowest BCUT2D eigenvalue weighted by Crippen LogP contribution is -2.55. The summed E-state index contributed by atoms with van der Waals surface area (Å²) in [5.41, 5.74) is 0. The van der Waals surface area contributed by atoms with Gasteiger partial charge in [-0.3, -0.25) is 14.4 Å². The Bertz CT molecular complexity index is 501. The minimum absolute atomic E-state index is 0.699. The first kappa shape index (κ1) is 18.8. The number of methoxy groups -OCH3 is 1. The van der Waals surface area contributed by atoms with Crippen LogP contribution < -0.4 is 0 Å². The van der Waals surface area contributed by atoms with E-state index in [2.05, 4.69) is 4.74 Å². The molecule has 0 unspecified atom stereocenters. The summed E-state index contributed by atoms with van der Waals surface area (Å²) in [6.45, 7) is 2.40. The Morgan fingerprint density at radius 3 is 2.00 bits per heavy atom. The molecular formula is C13H18O10. The van der Waals surface area contributed by atoms with Crippen molar-refractivity contribution in [3.63, 3.8) is 0 Å². The van der Waals surface area contributed by atoms with Crippen molar-refractivity contribution in [2.45, 2.75) is 44.9 Å². The van der Waals surface area contributed by atoms with Crippen LogP contribution in [0, 0.1) is 0 Å². The highest BCUT2D eigenvalue weighted by atomic mass is 16.8. The normalized spacial score (nSPS) is 29.5. The maximum absolute atomic E-state index is 12.1. The maximum Gasteiger partial charge on any atom is 0.383 e. The quantitative estimate of drug-likeness (QED) is 0.476. The van der Waals surface area contributed by atoms with Crippen LogP contribution in [0.25, 0.3) is 0 Å². The molecule has 10 heteroatoms. The van der Waals surface area contributed by atoms with Crippen molar-refractivity contribution in [3.05, 3.63) is 0 Å². The molecule has 0 radical (unpaired) electrons. The second kappa shape index (κ2) is 7.38. The van der Waals surface area contributed by atoms with Crippen molar-refractivity contribution >= 4 is 23.9 Å². The molecule has 0 aliphatic carbocycles. The molecule has 23 heavy (non-hydrogen) atoms. The van der Waals surface area contributed by atoms with Gasteiger partial charge in [0.2, 0.25) is 6.10 Å². The zero-order valence-electron chi connectivity index (χ0n) is 13.1. The van der Waals surface area contributed by atoms with E-state index in [0.29, 0.717) is 0 Å². The van der Waals surface area contributed by atoms with Gasteiger partial charge in [0.05, 0.1) is 13.7 Å². The van der Waals surface area contributed by atoms with E-state index in [-0.39, 0.29) is 0 Å². The molecule has 1 N–H and O–H groups in total. The van der Waals surface area contributed by atoms with Gasteiger partial charge < -0.3 is 28.8 Å². The fourth-order valence-corrected chi connectivity index (χ4v) is 2.21. The Balaban J connectivity index is 3.37. The molecular weight excluding hydrogens is 316 g/mol. The second-order valence-corrected chi connectivity index (χ2v) is 4.70. The lowest BCUT2D eigenvalue weighted by Gasteiger charge is -2.30. The highest BCUT2D eigenvalue weighted by Crippen LogP contribution is 2.38. The largest absolute Gasteiger partial charge is 0.464 e. The van der Waals surface area contributed by atoms with E-state index in [1.807, 2.05) is 0 Å². The molecule has 1 heterocycles. The number of carbonyl (C=O) groups excluding carboxylic acids is 4. The molecule has 0 spiro atoms. The molecule has 1 saturated heterocycles. The number of hydrogen-bond acceptors (Lipinski definition) is 10. The topological polar surface area (TPSA) is 135 Å². The van der Waals surface area contributed by atoms with Gasteiger partial charge in [0.25, 0.3) is 0 Å². The maximum atomic E-state index is 12.1. The Morgan fingerprint density at radius 2 is 1.61 bits per heavy atom. The molecule has 0 aromatic heterocycles. The van der Waals surface area contributed by atoms with E-state index in [1.54, 1.807) is 0 Å². The molecule has 0 bridgehead atoms. The molecule has 0 saturated carbocycles. The number of esters is 4. The highest BCUT2D eigenvalue weighted by molar-refractivity contribution is 5.83. The van der Waals surface area contributed by atoms with Crippen LogP contribution in [0.15, 0.2) is 0 Å². The summed E-state index contributed by atoms with van der Waals surface area (Å²) < 4.78 is 24.6. The van der Waals surface area contributed by atoms with Gasteiger partial charge in [0.1, 0.15) is 6.10 Å². The summed E-state index contributed by atoms with van der Waals surface area (Å²) in [4.78, 5) is 46.1. The van der Waals surface area contributed by atoms with Gasteiger partial charge in [-0.25, -0.2) is 4.79 Å². The lowest BCUT2D eigenvalue weighted by atomic mass is 10.0. The number of aliphatic hydroxyl groups is 1. The monoisotopic (exact) mass is 334 g/mol. The molecule has 1 rings (SSSR count). The summed E-state index contributed by atoms with van der Waals surface area (Å²) in [6, 6.07) is 0. The predicted octanol–water partition coefficient (Wildman–Crippen LogP) is -1.33. The van der Waals surface area contributed by atoms with Crippen molar-refractivity contribution in [3.8, 4) is 0 Å². The Labute approximate surface area is 131 Å². The first-order valence-electron chi connectivity index (χ1n) is 6.59. The average Bonchev–Trinajstić information content (AvgIpc) is 2.71. The minimum Gasteiger partial charge on any atom is -0.464 e. The number of ether oxygens (including phenoxy) is 5. The van der Waals surface area contributed by atoms with Gasteiger partial charge in [-0.05, 0) is 0 Å². The van der Waals surface area contributed by atoms with Crippen molar-refractivity contribution in [2.75, 3.05) is 13.7 Å². The van der Waals surface area contributed by atoms with Crippen LogP contribution in [0.2, 0.25) is 0 Å². The zero-order chi connectivity index (χ0) is 17.8. The van der Waals surface area contributed by atoms with E-state index < -0.39 is 54.6 Å². The Kier molecular flexibility index (Phi) is 6.05. The van der Waals surface area contributed by atoms with Gasteiger partial charge in [0.15, 0.2) is 6.10 Å². The number of rotatable bonds is 5. The average molecular weight is 334 g/mol. The third-order valence-electron chi connectivity index (χ3n) is 2.91. The third kappa shape index (κ3) is 3.96. The molecule has 1 aliphatic heterocycles. The molecule has 0 amide bonds. The van der Waals surface area contributed by atoms with Crippen LogP contribution in [0.3, 0.4) is 0 Å². The summed E-state index contributed by atoms with van der Waals surface area (Å²) in [6.07, 6.45) is -4.29. The smallest absolute Gasteiger partial charge is 0.383 e. The van der Waals surface area contributed by atoms with Gasteiger partial charge in [-0.1, -0.05) is 0 Å². The summed E-state index contributed by atoms with van der Waals surface area (Å²) in [5.74, 6) is -6.24. The van der Waals surface area contributed by atoms with E-state index in [4.69, 9.17) is 18.9 Å². The van der Waals surface area contributed by atoms with Crippen molar-refractivity contribution in [1.29, 1.82) is 0 Å². The lowest BCUT2D eigenvalue weighted by molar-refractivity contribution is -0.257. The zero-order valence-corrected chi connectivity index (χ0v) is 13.1. The van der Waals surface area contributed by atoms with E-state index >= 15 is 0 Å². The van der Waals surface area contributed by atoms with Crippen LogP contribution in [0.5, 0.6) is 0 Å². The van der Waals surface area contributed by atoms with Crippen molar-refractivity contribution < 1.29 is 48.0 Å². The van der Waals surface area contributed by atoms with Crippen molar-refractivity contribution in [1.82, 2.24) is 0 Å². The van der Waals surface area contributed by atoms with Gasteiger partial charge in [-0.15, -0.1) is 0 Å². The Morgan fingerprint density at radius 1 is 1.04 bits per heavy atom. The van der Waals surface area contributed by atoms with Crippen LogP contribution in [-0.2, 0) is 42.9 Å². The first-order chi connectivity index (χ1) is 10.7. The summed E-state index contributed by atoms with van der Waals surface area (Å²) in [5, 5.41) is 9.37. The number of aliphatic hydroxyl groups excluding tert-OH is 1. The number of hydrogen-bond donors (Lipinski definition) is 1. The highest BCUT2D eigenvalue weighted by Gasteiger charge is 2.67. The van der Waals surface area contributed by atoms with Gasteiger partial charge in [0, 0.05) is 20.8 Å². The fourth-order valence-electron chi connectivity index (χ4n) is 2.21. The fraction of sp³-hybridized carbons (Fsp3) is 0.692. The second-order valence-electron chi connectivity index (χ2n) is 4.70. The SMILES string of the molecule is COC(=O)[C@@]1(OC(C)=O)O[C@H](CO)[C@@H](OC(C)=O)[C@@H]1OC(C)=O. The molecule has 4 atom stereocenters. The molecule has 0 aromatic carbocycles. The third-order valence-corrected chi connectivity index (χ3v) is 2.91. The predicted molar refractivity (Wildman–Crippen MR) is 69.6 cm³/mol. The van der Waals surface area contributed by atoms with Gasteiger partial charge in [-0.2, -0.15) is 0 Å². The van der Waals surface area contributed by atoms with E-state index in [0.717, 1.165) is 27.9 Å². The summed E-state index contributed by atoms with van der Waals surface area (Å²) in [7, 11) is 0.995. The van der Waals surface area contributed by atoms with E-state index in [1.165, 1.54) is 0 Å². The Hall–Kier alpha value is -2.20. The van der Waals surface area contributed by atoms with Crippen LogP contribution in [0.1, 0.15) is 20.8 Å². The van der Waals surface area contributed by atoms with Gasteiger partial charge >= 0.3 is 29.7 Å². The molecule has 130 valence electrons. The standard InChI is InChI=1S/C13H18O10/c1-6(15)20-10-9(5-14)23-13(12(18)19-4,22-8(3)17)11(10)21-7(2)16/h9-11,14H,5H2,1-4H3/t9-,10-,11+,13+/m1/s1. The van der Waals surface area contributed by atoms with Crippen molar-refractivity contribution in [2.24, 2.45) is 0 Å².